The van der Waals surface area contributed by atoms with Crippen LogP contribution in [0.15, 0.2) is 34.7 Å². The molecule has 2 aromatic rings. The molecule has 1 amide bonds. The minimum Gasteiger partial charge on any atom is -0.464 e. The van der Waals surface area contributed by atoms with Gasteiger partial charge in [0.05, 0.1) is 6.04 Å². The Morgan fingerprint density at radius 2 is 2.14 bits per heavy atom. The minimum absolute atomic E-state index is 0.105. The average molecular weight is 284 g/mol. The Morgan fingerprint density at radius 1 is 1.33 bits per heavy atom. The Balaban J connectivity index is 1.77. The SMILES string of the molecule is CC(=O)N1CCc2cc(NC(C)c3ccc(C)o3)ccc21. The number of hydrogen-bond acceptors (Lipinski definition) is 3. The molecular weight excluding hydrogens is 264 g/mol. The van der Waals surface area contributed by atoms with Gasteiger partial charge in [0.15, 0.2) is 0 Å². The van der Waals surface area contributed by atoms with E-state index in [1.165, 1.54) is 5.56 Å². The molecule has 0 aliphatic carbocycles. The molecule has 110 valence electrons. The molecule has 1 aliphatic rings. The second-order valence-corrected chi connectivity index (χ2v) is 5.58. The molecule has 0 spiro atoms. The Labute approximate surface area is 124 Å². The second kappa shape index (κ2) is 5.28. The van der Waals surface area contributed by atoms with Crippen LogP contribution in [0.25, 0.3) is 0 Å². The Kier molecular flexibility index (Phi) is 3.45. The zero-order valence-corrected chi connectivity index (χ0v) is 12.6. The fourth-order valence-corrected chi connectivity index (χ4v) is 2.83. The maximum Gasteiger partial charge on any atom is 0.223 e. The van der Waals surface area contributed by atoms with E-state index in [1.807, 2.05) is 36.1 Å². The van der Waals surface area contributed by atoms with Gasteiger partial charge in [-0.25, -0.2) is 0 Å². The van der Waals surface area contributed by atoms with Gasteiger partial charge in [0.1, 0.15) is 11.5 Å². The molecule has 1 aromatic heterocycles. The third kappa shape index (κ3) is 2.66. The molecule has 1 N–H and O–H groups in total. The van der Waals surface area contributed by atoms with Crippen molar-refractivity contribution in [1.82, 2.24) is 0 Å². The quantitative estimate of drug-likeness (QED) is 0.935. The van der Waals surface area contributed by atoms with E-state index in [0.29, 0.717) is 0 Å². The first-order chi connectivity index (χ1) is 10.0. The van der Waals surface area contributed by atoms with E-state index in [1.54, 1.807) is 6.92 Å². The summed E-state index contributed by atoms with van der Waals surface area (Å²) in [5.74, 6) is 1.96. The molecular formula is C17H20N2O2. The summed E-state index contributed by atoms with van der Waals surface area (Å²) < 4.78 is 5.64. The maximum atomic E-state index is 11.6. The van der Waals surface area contributed by atoms with Gasteiger partial charge in [0.2, 0.25) is 5.91 Å². The van der Waals surface area contributed by atoms with E-state index >= 15 is 0 Å². The van der Waals surface area contributed by atoms with Gasteiger partial charge in [-0.15, -0.1) is 0 Å². The number of aryl methyl sites for hydroxylation is 1. The highest BCUT2D eigenvalue weighted by molar-refractivity contribution is 5.94. The molecule has 0 saturated heterocycles. The van der Waals surface area contributed by atoms with Gasteiger partial charge in [-0.05, 0) is 56.2 Å². The van der Waals surface area contributed by atoms with Gasteiger partial charge in [-0.3, -0.25) is 4.79 Å². The largest absolute Gasteiger partial charge is 0.464 e. The van der Waals surface area contributed by atoms with Crippen molar-refractivity contribution in [3.05, 3.63) is 47.4 Å². The van der Waals surface area contributed by atoms with Crippen LogP contribution < -0.4 is 10.2 Å². The summed E-state index contributed by atoms with van der Waals surface area (Å²) in [5.41, 5.74) is 3.31. The molecule has 0 fully saturated rings. The molecule has 1 aromatic carbocycles. The molecule has 4 nitrogen and oxygen atoms in total. The number of carbonyl (C=O) groups excluding carboxylic acids is 1. The lowest BCUT2D eigenvalue weighted by molar-refractivity contribution is -0.116. The highest BCUT2D eigenvalue weighted by Gasteiger charge is 2.22. The number of benzene rings is 1. The number of fused-ring (bicyclic) bond motifs is 1. The lowest BCUT2D eigenvalue weighted by atomic mass is 10.1. The maximum absolute atomic E-state index is 11.6. The zero-order chi connectivity index (χ0) is 15.0. The third-order valence-electron chi connectivity index (χ3n) is 3.93. The summed E-state index contributed by atoms with van der Waals surface area (Å²) in [4.78, 5) is 13.4. The van der Waals surface area contributed by atoms with Crippen LogP contribution in [-0.4, -0.2) is 12.5 Å². The normalized spacial score (nSPS) is 14.9. The van der Waals surface area contributed by atoms with E-state index in [9.17, 15) is 4.79 Å². The molecule has 1 aliphatic heterocycles. The van der Waals surface area contributed by atoms with E-state index in [4.69, 9.17) is 4.42 Å². The van der Waals surface area contributed by atoms with E-state index in [-0.39, 0.29) is 11.9 Å². The number of rotatable bonds is 3. The first kappa shape index (κ1) is 13.7. The highest BCUT2D eigenvalue weighted by atomic mass is 16.3. The predicted molar refractivity (Wildman–Crippen MR) is 83.7 cm³/mol. The molecule has 3 rings (SSSR count). The fraction of sp³-hybridized carbons (Fsp3) is 0.353. The molecule has 0 radical (unpaired) electrons. The van der Waals surface area contributed by atoms with Crippen LogP contribution >= 0.6 is 0 Å². The van der Waals surface area contributed by atoms with Crippen molar-refractivity contribution < 1.29 is 9.21 Å². The monoisotopic (exact) mass is 284 g/mol. The van der Waals surface area contributed by atoms with Crippen molar-refractivity contribution in [2.24, 2.45) is 0 Å². The minimum atomic E-state index is 0.105. The molecule has 0 bridgehead atoms. The number of nitrogens with one attached hydrogen (secondary N) is 1. The number of hydrogen-bond donors (Lipinski definition) is 1. The number of nitrogens with zero attached hydrogens (tertiary/aromatic N) is 1. The van der Waals surface area contributed by atoms with Crippen LogP contribution in [0, 0.1) is 6.92 Å². The number of anilines is 2. The standard InChI is InChI=1S/C17H20N2O2/c1-11-4-7-17(21-11)12(2)18-15-5-6-16-14(10-15)8-9-19(16)13(3)20/h4-7,10,12,18H,8-9H2,1-3H3. The van der Waals surface area contributed by atoms with Gasteiger partial charge < -0.3 is 14.6 Å². The van der Waals surface area contributed by atoms with Crippen LogP contribution in [-0.2, 0) is 11.2 Å². The summed E-state index contributed by atoms with van der Waals surface area (Å²) in [7, 11) is 0. The predicted octanol–water partition coefficient (Wildman–Crippen LogP) is 3.67. The van der Waals surface area contributed by atoms with Crippen LogP contribution in [0.2, 0.25) is 0 Å². The molecule has 1 atom stereocenters. The Morgan fingerprint density at radius 3 is 2.81 bits per heavy atom. The molecule has 4 heteroatoms. The Hall–Kier alpha value is -2.23. The summed E-state index contributed by atoms with van der Waals surface area (Å²) in [6, 6.07) is 10.3. The Bertz CT molecular complexity index is 675. The van der Waals surface area contributed by atoms with E-state index < -0.39 is 0 Å². The number of amides is 1. The zero-order valence-electron chi connectivity index (χ0n) is 12.6. The third-order valence-corrected chi connectivity index (χ3v) is 3.93. The summed E-state index contributed by atoms with van der Waals surface area (Å²) in [6.07, 6.45) is 0.915. The van der Waals surface area contributed by atoms with Crippen molar-refractivity contribution in [2.45, 2.75) is 33.2 Å². The average Bonchev–Trinajstić information content (AvgIpc) is 3.04. The van der Waals surface area contributed by atoms with Crippen molar-refractivity contribution in [2.75, 3.05) is 16.8 Å². The van der Waals surface area contributed by atoms with Crippen molar-refractivity contribution in [1.29, 1.82) is 0 Å². The smallest absolute Gasteiger partial charge is 0.223 e. The summed E-state index contributed by atoms with van der Waals surface area (Å²) in [5, 5.41) is 3.45. The van der Waals surface area contributed by atoms with Gasteiger partial charge in [-0.2, -0.15) is 0 Å². The van der Waals surface area contributed by atoms with Crippen LogP contribution in [0.3, 0.4) is 0 Å². The molecule has 21 heavy (non-hydrogen) atoms. The van der Waals surface area contributed by atoms with Crippen LogP contribution in [0.1, 0.15) is 37.0 Å². The van der Waals surface area contributed by atoms with Gasteiger partial charge >= 0.3 is 0 Å². The van der Waals surface area contributed by atoms with E-state index in [0.717, 1.165) is 35.9 Å². The van der Waals surface area contributed by atoms with E-state index in [2.05, 4.69) is 18.3 Å². The van der Waals surface area contributed by atoms with Crippen molar-refractivity contribution >= 4 is 17.3 Å². The lowest BCUT2D eigenvalue weighted by Gasteiger charge is -2.17. The number of carbonyl (C=O) groups is 1. The van der Waals surface area contributed by atoms with Gasteiger partial charge in [0, 0.05) is 24.8 Å². The topological polar surface area (TPSA) is 45.5 Å². The first-order valence-electron chi connectivity index (χ1n) is 7.28. The van der Waals surface area contributed by atoms with Gasteiger partial charge in [0.25, 0.3) is 0 Å². The van der Waals surface area contributed by atoms with Gasteiger partial charge in [-0.1, -0.05) is 0 Å². The van der Waals surface area contributed by atoms with Crippen molar-refractivity contribution in [3.63, 3.8) is 0 Å². The lowest BCUT2D eigenvalue weighted by Crippen LogP contribution is -2.25. The molecule has 1 unspecified atom stereocenters. The van der Waals surface area contributed by atoms with Crippen molar-refractivity contribution in [3.8, 4) is 0 Å². The summed E-state index contributed by atoms with van der Waals surface area (Å²) in [6.45, 7) is 6.42. The highest BCUT2D eigenvalue weighted by Crippen LogP contribution is 2.31. The second-order valence-electron chi connectivity index (χ2n) is 5.58. The molecule has 2 heterocycles. The number of furan rings is 1. The fourth-order valence-electron chi connectivity index (χ4n) is 2.83. The first-order valence-corrected chi connectivity index (χ1v) is 7.28. The molecule has 0 saturated carbocycles. The summed E-state index contributed by atoms with van der Waals surface area (Å²) >= 11 is 0. The van der Waals surface area contributed by atoms with Crippen LogP contribution in [0.4, 0.5) is 11.4 Å². The van der Waals surface area contributed by atoms with Crippen LogP contribution in [0.5, 0.6) is 0 Å².